The second-order valence-electron chi connectivity index (χ2n) is 7.42. The van der Waals surface area contributed by atoms with Gasteiger partial charge in [-0.1, -0.05) is 23.5 Å². The van der Waals surface area contributed by atoms with Gasteiger partial charge in [-0.15, -0.1) is 0 Å². The second-order valence-corrected chi connectivity index (χ2v) is 8.39. The van der Waals surface area contributed by atoms with E-state index < -0.39 is 23.5 Å². The first kappa shape index (κ1) is 22.3. The number of aliphatic hydroxyl groups excluding tert-OH is 1. The summed E-state index contributed by atoms with van der Waals surface area (Å²) in [5.41, 5.74) is 0.981. The van der Waals surface area contributed by atoms with E-state index in [9.17, 15) is 23.9 Å². The SMILES string of the molecule is COc1ccc(/C(O)=C2\C(=O)C(=O)N(c3nc(C)c(C(C)=O)s3)C2c2ccc(F)cc2)cc1. The molecule has 4 rings (SSSR count). The number of hydrogen-bond acceptors (Lipinski definition) is 7. The number of aliphatic hydroxyl groups is 1. The Morgan fingerprint density at radius 1 is 1.12 bits per heavy atom. The van der Waals surface area contributed by atoms with Crippen LogP contribution < -0.4 is 9.64 Å². The van der Waals surface area contributed by atoms with Crippen LogP contribution in [0, 0.1) is 12.7 Å². The van der Waals surface area contributed by atoms with E-state index in [1.54, 1.807) is 31.2 Å². The number of Topliss-reactive ketones (excluding diaryl/α,β-unsaturated/α-hetero) is 2. The molecule has 0 saturated carbocycles. The Labute approximate surface area is 192 Å². The molecule has 1 N–H and O–H groups in total. The largest absolute Gasteiger partial charge is 0.507 e. The van der Waals surface area contributed by atoms with Gasteiger partial charge in [0.1, 0.15) is 17.3 Å². The van der Waals surface area contributed by atoms with Gasteiger partial charge in [0.15, 0.2) is 10.9 Å². The fourth-order valence-corrected chi connectivity index (χ4v) is 4.70. The van der Waals surface area contributed by atoms with Crippen LogP contribution in [0.25, 0.3) is 5.76 Å². The highest BCUT2D eigenvalue weighted by atomic mass is 32.1. The lowest BCUT2D eigenvalue weighted by molar-refractivity contribution is -0.132. The normalized spacial score (nSPS) is 17.5. The van der Waals surface area contributed by atoms with Gasteiger partial charge in [0, 0.05) is 12.5 Å². The summed E-state index contributed by atoms with van der Waals surface area (Å²) in [6.07, 6.45) is 0. The lowest BCUT2D eigenvalue weighted by atomic mass is 9.95. The van der Waals surface area contributed by atoms with Crippen molar-refractivity contribution < 1.29 is 28.6 Å². The minimum Gasteiger partial charge on any atom is -0.507 e. The molecule has 3 aromatic rings. The van der Waals surface area contributed by atoms with Crippen molar-refractivity contribution in [2.45, 2.75) is 19.9 Å². The molecule has 7 nitrogen and oxygen atoms in total. The van der Waals surface area contributed by atoms with Crippen LogP contribution >= 0.6 is 11.3 Å². The van der Waals surface area contributed by atoms with Gasteiger partial charge in [-0.25, -0.2) is 9.37 Å². The van der Waals surface area contributed by atoms with Crippen molar-refractivity contribution >= 4 is 39.7 Å². The van der Waals surface area contributed by atoms with Gasteiger partial charge in [0.05, 0.1) is 29.3 Å². The maximum atomic E-state index is 13.6. The number of benzene rings is 2. The Kier molecular flexibility index (Phi) is 5.82. The minimum absolute atomic E-state index is 0.142. The first-order valence-corrected chi connectivity index (χ1v) is 10.7. The molecule has 2 heterocycles. The van der Waals surface area contributed by atoms with E-state index in [-0.39, 0.29) is 22.2 Å². The first-order chi connectivity index (χ1) is 15.7. The zero-order valence-electron chi connectivity index (χ0n) is 18.0. The molecular weight excluding hydrogens is 447 g/mol. The molecular formula is C24H19FN2O5S. The molecule has 1 saturated heterocycles. The van der Waals surface area contributed by atoms with Crippen LogP contribution in [-0.4, -0.2) is 34.7 Å². The van der Waals surface area contributed by atoms with E-state index in [0.717, 1.165) is 16.2 Å². The number of amides is 1. The molecule has 0 spiro atoms. The summed E-state index contributed by atoms with van der Waals surface area (Å²) >= 11 is 0.984. The third-order valence-corrected chi connectivity index (χ3v) is 6.56. The number of ketones is 2. The molecule has 0 radical (unpaired) electrons. The van der Waals surface area contributed by atoms with Gasteiger partial charge in [-0.05, 0) is 48.9 Å². The monoisotopic (exact) mass is 466 g/mol. The van der Waals surface area contributed by atoms with Crippen LogP contribution in [0.1, 0.15) is 39.5 Å². The summed E-state index contributed by atoms with van der Waals surface area (Å²) in [5.74, 6) is -2.35. The first-order valence-electron chi connectivity index (χ1n) is 9.92. The van der Waals surface area contributed by atoms with Crippen molar-refractivity contribution in [1.29, 1.82) is 0 Å². The Morgan fingerprint density at radius 2 is 1.76 bits per heavy atom. The van der Waals surface area contributed by atoms with E-state index in [1.807, 2.05) is 0 Å². The average Bonchev–Trinajstić information content (AvgIpc) is 3.31. The highest BCUT2D eigenvalue weighted by Crippen LogP contribution is 2.44. The summed E-state index contributed by atoms with van der Waals surface area (Å²) in [4.78, 5) is 44.0. The third kappa shape index (κ3) is 3.91. The number of aryl methyl sites for hydroxylation is 1. The van der Waals surface area contributed by atoms with Gasteiger partial charge in [-0.3, -0.25) is 19.3 Å². The molecule has 1 aliphatic heterocycles. The molecule has 0 aliphatic carbocycles. The summed E-state index contributed by atoms with van der Waals surface area (Å²) in [6, 6.07) is 10.6. The molecule has 1 unspecified atom stereocenters. The van der Waals surface area contributed by atoms with Gasteiger partial charge in [-0.2, -0.15) is 0 Å². The van der Waals surface area contributed by atoms with Gasteiger partial charge >= 0.3 is 5.91 Å². The van der Waals surface area contributed by atoms with Gasteiger partial charge in [0.25, 0.3) is 5.78 Å². The summed E-state index contributed by atoms with van der Waals surface area (Å²) in [5, 5.41) is 11.2. The highest BCUT2D eigenvalue weighted by molar-refractivity contribution is 7.18. The van der Waals surface area contributed by atoms with E-state index >= 15 is 0 Å². The van der Waals surface area contributed by atoms with Gasteiger partial charge < -0.3 is 9.84 Å². The maximum absolute atomic E-state index is 13.6. The number of thiazole rings is 1. The van der Waals surface area contributed by atoms with Crippen LogP contribution in [0.2, 0.25) is 0 Å². The fourth-order valence-electron chi connectivity index (χ4n) is 3.71. The standard InChI is InChI=1S/C24H19FN2O5S/c1-12-22(13(2)28)33-24(26-12)27-19(14-4-8-16(25)9-5-14)18(21(30)23(27)31)20(29)15-6-10-17(32-3)11-7-15/h4-11,19,29H,1-3H3/b20-18+. The number of anilines is 1. The molecule has 2 aromatic carbocycles. The molecule has 168 valence electrons. The highest BCUT2D eigenvalue weighted by Gasteiger charge is 2.48. The van der Waals surface area contributed by atoms with Crippen molar-refractivity contribution in [1.82, 2.24) is 4.98 Å². The lowest BCUT2D eigenvalue weighted by Crippen LogP contribution is -2.29. The van der Waals surface area contributed by atoms with Crippen molar-refractivity contribution in [2.75, 3.05) is 12.0 Å². The van der Waals surface area contributed by atoms with Crippen molar-refractivity contribution in [3.05, 3.63) is 81.6 Å². The number of rotatable bonds is 5. The van der Waals surface area contributed by atoms with Crippen LogP contribution in [0.5, 0.6) is 5.75 Å². The molecule has 1 aromatic heterocycles. The number of carbonyl (C=O) groups excluding carboxylic acids is 3. The van der Waals surface area contributed by atoms with Crippen LogP contribution in [0.4, 0.5) is 9.52 Å². The van der Waals surface area contributed by atoms with Gasteiger partial charge in [0.2, 0.25) is 0 Å². The molecule has 1 aliphatic rings. The Bertz CT molecular complexity index is 1300. The predicted octanol–water partition coefficient (Wildman–Crippen LogP) is 4.43. The zero-order valence-corrected chi connectivity index (χ0v) is 18.8. The Balaban J connectivity index is 1.92. The van der Waals surface area contributed by atoms with Crippen LogP contribution in [0.3, 0.4) is 0 Å². The smallest absolute Gasteiger partial charge is 0.301 e. The number of nitrogens with zero attached hydrogens (tertiary/aromatic N) is 2. The van der Waals surface area contributed by atoms with Crippen LogP contribution in [-0.2, 0) is 9.59 Å². The number of halogens is 1. The summed E-state index contributed by atoms with van der Waals surface area (Å²) in [6.45, 7) is 3.02. The Hall–Kier alpha value is -3.85. The average molecular weight is 466 g/mol. The number of hydrogen-bond donors (Lipinski definition) is 1. The predicted molar refractivity (Wildman–Crippen MR) is 121 cm³/mol. The van der Waals surface area contributed by atoms with Crippen LogP contribution in [0.15, 0.2) is 54.1 Å². The van der Waals surface area contributed by atoms with Crippen molar-refractivity contribution in [3.8, 4) is 5.75 Å². The summed E-state index contributed by atoms with van der Waals surface area (Å²) < 4.78 is 18.7. The zero-order chi connectivity index (χ0) is 23.9. The number of methoxy groups -OCH3 is 1. The third-order valence-electron chi connectivity index (χ3n) is 5.30. The maximum Gasteiger partial charge on any atom is 0.301 e. The van der Waals surface area contributed by atoms with Crippen molar-refractivity contribution in [3.63, 3.8) is 0 Å². The summed E-state index contributed by atoms with van der Waals surface area (Å²) in [7, 11) is 1.50. The van der Waals surface area contributed by atoms with E-state index in [1.165, 1.54) is 38.3 Å². The molecule has 1 atom stereocenters. The second kappa shape index (κ2) is 8.59. The molecule has 1 amide bonds. The lowest BCUT2D eigenvalue weighted by Gasteiger charge is -2.23. The Morgan fingerprint density at radius 3 is 2.30 bits per heavy atom. The molecule has 0 bridgehead atoms. The molecule has 33 heavy (non-hydrogen) atoms. The van der Waals surface area contributed by atoms with E-state index in [0.29, 0.717) is 27.4 Å². The number of aromatic nitrogens is 1. The number of carbonyl (C=O) groups is 3. The quantitative estimate of drug-likeness (QED) is 0.259. The van der Waals surface area contributed by atoms with E-state index in [4.69, 9.17) is 4.74 Å². The van der Waals surface area contributed by atoms with Crippen molar-refractivity contribution in [2.24, 2.45) is 0 Å². The minimum atomic E-state index is -1.06. The fraction of sp³-hybridized carbons (Fsp3) is 0.167. The number of ether oxygens (including phenoxy) is 1. The molecule has 9 heteroatoms. The topological polar surface area (TPSA) is 96.8 Å². The molecule has 1 fully saturated rings. The van der Waals surface area contributed by atoms with E-state index in [2.05, 4.69) is 4.98 Å².